The van der Waals surface area contributed by atoms with Crippen molar-refractivity contribution in [3.8, 4) is 0 Å². The van der Waals surface area contributed by atoms with Crippen molar-refractivity contribution in [2.24, 2.45) is 5.84 Å². The third-order valence-corrected chi connectivity index (χ3v) is 1.88. The number of nitrogen functional groups attached to an aromatic ring is 1. The molecule has 1 rings (SSSR count). The number of hydrogen-bond acceptors (Lipinski definition) is 4. The first kappa shape index (κ1) is 10.2. The van der Waals surface area contributed by atoms with E-state index >= 15 is 0 Å². The minimum atomic E-state index is 0.626. The molecule has 0 fully saturated rings. The highest BCUT2D eigenvalue weighted by Gasteiger charge is 2.04. The Morgan fingerprint density at radius 1 is 1.54 bits per heavy atom. The van der Waals surface area contributed by atoms with Crippen molar-refractivity contribution >= 4 is 17.4 Å². The maximum atomic E-state index is 5.94. The highest BCUT2D eigenvalue weighted by molar-refractivity contribution is 6.31. The van der Waals surface area contributed by atoms with Crippen LogP contribution < -0.4 is 11.3 Å². The van der Waals surface area contributed by atoms with Gasteiger partial charge in [0.05, 0.1) is 10.7 Å². The van der Waals surface area contributed by atoms with Crippen molar-refractivity contribution in [2.45, 2.75) is 6.54 Å². The Balaban J connectivity index is 2.90. The van der Waals surface area contributed by atoms with Gasteiger partial charge in [0, 0.05) is 6.54 Å². The highest BCUT2D eigenvalue weighted by Crippen LogP contribution is 2.16. The van der Waals surface area contributed by atoms with Crippen molar-refractivity contribution in [3.63, 3.8) is 0 Å². The first-order valence-corrected chi connectivity index (χ1v) is 4.28. The second kappa shape index (κ2) is 4.41. The molecule has 0 saturated carbocycles. The van der Waals surface area contributed by atoms with E-state index in [2.05, 4.69) is 10.4 Å². The van der Waals surface area contributed by atoms with Gasteiger partial charge in [-0.1, -0.05) is 11.6 Å². The number of nitrogens with one attached hydrogen (secondary N) is 1. The Bertz CT molecular complexity index is 287. The normalized spacial score (nSPS) is 10.5. The van der Waals surface area contributed by atoms with Gasteiger partial charge in [0.15, 0.2) is 0 Å². The van der Waals surface area contributed by atoms with Crippen LogP contribution in [-0.4, -0.2) is 24.0 Å². The van der Waals surface area contributed by atoms with Gasteiger partial charge in [-0.25, -0.2) is 10.8 Å². The molecule has 5 heteroatoms. The van der Waals surface area contributed by atoms with Crippen LogP contribution in [0.5, 0.6) is 0 Å². The van der Waals surface area contributed by atoms with Crippen LogP contribution in [0.25, 0.3) is 0 Å². The Kier molecular flexibility index (Phi) is 3.48. The maximum Gasteiger partial charge on any atom is 0.140 e. The number of aromatic nitrogens is 1. The smallest absolute Gasteiger partial charge is 0.140 e. The number of halogens is 1. The van der Waals surface area contributed by atoms with E-state index in [0.717, 1.165) is 5.69 Å². The second-order valence-electron chi connectivity index (χ2n) is 3.01. The van der Waals surface area contributed by atoms with Crippen molar-refractivity contribution in [3.05, 3.63) is 22.8 Å². The zero-order valence-corrected chi connectivity index (χ0v) is 8.47. The molecule has 1 aromatic rings. The molecule has 0 aliphatic heterocycles. The molecule has 0 unspecified atom stereocenters. The van der Waals surface area contributed by atoms with Crippen molar-refractivity contribution in [2.75, 3.05) is 19.5 Å². The quantitative estimate of drug-likeness (QED) is 0.567. The number of rotatable bonds is 3. The van der Waals surface area contributed by atoms with E-state index in [0.29, 0.717) is 17.4 Å². The van der Waals surface area contributed by atoms with Crippen LogP contribution in [-0.2, 0) is 6.54 Å². The van der Waals surface area contributed by atoms with E-state index < -0.39 is 0 Å². The summed E-state index contributed by atoms with van der Waals surface area (Å²) in [5, 5.41) is 0.660. The van der Waals surface area contributed by atoms with Crippen LogP contribution >= 0.6 is 11.6 Å². The van der Waals surface area contributed by atoms with Crippen molar-refractivity contribution in [1.29, 1.82) is 0 Å². The van der Waals surface area contributed by atoms with Gasteiger partial charge in [-0.15, -0.1) is 0 Å². The van der Waals surface area contributed by atoms with E-state index in [-0.39, 0.29) is 0 Å². The van der Waals surface area contributed by atoms with Gasteiger partial charge in [-0.05, 0) is 26.2 Å². The minimum Gasteiger partial charge on any atom is -0.308 e. The Morgan fingerprint density at radius 3 is 2.77 bits per heavy atom. The SMILES string of the molecule is CN(C)Cc1nc(NN)ccc1Cl. The fraction of sp³-hybridized carbons (Fsp3) is 0.375. The lowest BCUT2D eigenvalue weighted by Gasteiger charge is -2.11. The summed E-state index contributed by atoms with van der Waals surface area (Å²) in [5.41, 5.74) is 3.30. The first-order valence-electron chi connectivity index (χ1n) is 3.90. The van der Waals surface area contributed by atoms with Crippen molar-refractivity contribution in [1.82, 2.24) is 9.88 Å². The van der Waals surface area contributed by atoms with E-state index in [9.17, 15) is 0 Å². The monoisotopic (exact) mass is 200 g/mol. The number of pyridine rings is 1. The minimum absolute atomic E-state index is 0.626. The molecule has 0 aromatic carbocycles. The molecule has 1 heterocycles. The Hall–Kier alpha value is -0.840. The molecule has 1 aromatic heterocycles. The molecular formula is C8H13ClN4. The summed E-state index contributed by atoms with van der Waals surface area (Å²) in [5.74, 6) is 5.86. The van der Waals surface area contributed by atoms with Gasteiger partial charge in [0.25, 0.3) is 0 Å². The zero-order valence-electron chi connectivity index (χ0n) is 7.71. The summed E-state index contributed by atoms with van der Waals surface area (Å²) >= 11 is 5.94. The molecule has 0 bridgehead atoms. The van der Waals surface area contributed by atoms with E-state index in [1.165, 1.54) is 0 Å². The van der Waals surface area contributed by atoms with Crippen LogP contribution in [0.4, 0.5) is 5.82 Å². The van der Waals surface area contributed by atoms with Crippen LogP contribution in [0.2, 0.25) is 5.02 Å². The second-order valence-corrected chi connectivity index (χ2v) is 3.41. The third kappa shape index (κ3) is 2.84. The molecule has 3 N–H and O–H groups in total. The molecule has 72 valence electrons. The summed E-state index contributed by atoms with van der Waals surface area (Å²) in [4.78, 5) is 6.22. The van der Waals surface area contributed by atoms with Crippen LogP contribution in [0.1, 0.15) is 5.69 Å². The predicted molar refractivity (Wildman–Crippen MR) is 54.4 cm³/mol. The lowest BCUT2D eigenvalue weighted by atomic mass is 10.3. The molecule has 0 aliphatic carbocycles. The van der Waals surface area contributed by atoms with Gasteiger partial charge in [0.1, 0.15) is 5.82 Å². The van der Waals surface area contributed by atoms with E-state index in [1.807, 2.05) is 19.0 Å². The summed E-state index contributed by atoms with van der Waals surface area (Å²) in [6.07, 6.45) is 0. The summed E-state index contributed by atoms with van der Waals surface area (Å²) < 4.78 is 0. The number of hydrazine groups is 1. The average Bonchev–Trinajstić information content (AvgIpc) is 2.08. The fourth-order valence-electron chi connectivity index (χ4n) is 0.975. The number of nitrogens with zero attached hydrogens (tertiary/aromatic N) is 2. The third-order valence-electron chi connectivity index (χ3n) is 1.53. The summed E-state index contributed by atoms with van der Waals surface area (Å²) in [6, 6.07) is 3.52. The van der Waals surface area contributed by atoms with Crippen LogP contribution in [0.15, 0.2) is 12.1 Å². The van der Waals surface area contributed by atoms with Gasteiger partial charge < -0.3 is 10.3 Å². The molecule has 0 amide bonds. The number of nitrogens with two attached hydrogens (primary N) is 1. The molecule has 0 radical (unpaired) electrons. The number of hydrogen-bond donors (Lipinski definition) is 2. The lowest BCUT2D eigenvalue weighted by molar-refractivity contribution is 0.397. The van der Waals surface area contributed by atoms with E-state index in [1.54, 1.807) is 12.1 Å². The Morgan fingerprint density at radius 2 is 2.23 bits per heavy atom. The summed E-state index contributed by atoms with van der Waals surface area (Å²) in [6.45, 7) is 0.703. The summed E-state index contributed by atoms with van der Waals surface area (Å²) in [7, 11) is 3.92. The highest BCUT2D eigenvalue weighted by atomic mass is 35.5. The largest absolute Gasteiger partial charge is 0.308 e. The number of anilines is 1. The molecule has 0 spiro atoms. The van der Waals surface area contributed by atoms with Gasteiger partial charge in [-0.3, -0.25) is 0 Å². The van der Waals surface area contributed by atoms with Crippen molar-refractivity contribution < 1.29 is 0 Å². The fourth-order valence-corrected chi connectivity index (χ4v) is 1.14. The average molecular weight is 201 g/mol. The van der Waals surface area contributed by atoms with Crippen LogP contribution in [0.3, 0.4) is 0 Å². The van der Waals surface area contributed by atoms with Gasteiger partial charge in [0.2, 0.25) is 0 Å². The topological polar surface area (TPSA) is 54.2 Å². The Labute approximate surface area is 82.7 Å². The van der Waals surface area contributed by atoms with E-state index in [4.69, 9.17) is 17.4 Å². The molecule has 0 saturated heterocycles. The first-order chi connectivity index (χ1) is 6.13. The lowest BCUT2D eigenvalue weighted by Crippen LogP contribution is -2.14. The van der Waals surface area contributed by atoms with Gasteiger partial charge >= 0.3 is 0 Å². The molecule has 4 nitrogen and oxygen atoms in total. The molecule has 13 heavy (non-hydrogen) atoms. The molecular weight excluding hydrogens is 188 g/mol. The molecule has 0 atom stereocenters. The maximum absolute atomic E-state index is 5.94. The zero-order chi connectivity index (χ0) is 9.84. The van der Waals surface area contributed by atoms with Gasteiger partial charge in [-0.2, -0.15) is 0 Å². The van der Waals surface area contributed by atoms with Crippen LogP contribution in [0, 0.1) is 0 Å². The molecule has 0 aliphatic rings. The standard InChI is InChI=1S/C8H13ClN4/c1-13(2)5-7-6(9)3-4-8(11-7)12-10/h3-4H,5,10H2,1-2H3,(H,11,12). The predicted octanol–water partition coefficient (Wildman–Crippen LogP) is 1.08.